The lowest BCUT2D eigenvalue weighted by Crippen LogP contribution is -2.07. The molecule has 2 aliphatic rings. The number of halogens is 8. The molecular formula is C48H8F8N10. The van der Waals surface area contributed by atoms with Gasteiger partial charge in [-0.25, -0.2) is 54.5 Å². The molecule has 0 fully saturated rings. The normalized spacial score (nSPS) is 13.5. The van der Waals surface area contributed by atoms with Crippen LogP contribution in [0.1, 0.15) is 61.2 Å². The summed E-state index contributed by atoms with van der Waals surface area (Å²) in [6.07, 6.45) is 0. The van der Waals surface area contributed by atoms with Gasteiger partial charge in [0.25, 0.3) is 5.69 Å². The van der Waals surface area contributed by atoms with Gasteiger partial charge in [0.05, 0.1) is 66.3 Å². The van der Waals surface area contributed by atoms with Crippen molar-refractivity contribution in [3.05, 3.63) is 202 Å². The van der Waals surface area contributed by atoms with Gasteiger partial charge in [-0.2, -0.15) is 31.6 Å². The summed E-state index contributed by atoms with van der Waals surface area (Å²) in [6, 6.07) is 17.6. The van der Waals surface area contributed by atoms with Crippen LogP contribution in [0.3, 0.4) is 0 Å². The van der Waals surface area contributed by atoms with Gasteiger partial charge in [0, 0.05) is 39.0 Å². The van der Waals surface area contributed by atoms with Crippen LogP contribution >= 0.6 is 0 Å². The van der Waals surface area contributed by atoms with Crippen molar-refractivity contribution in [2.24, 2.45) is 0 Å². The second-order valence-corrected chi connectivity index (χ2v) is 13.6. The van der Waals surface area contributed by atoms with Crippen molar-refractivity contribution >= 4 is 61.8 Å². The van der Waals surface area contributed by atoms with Crippen LogP contribution in [0.2, 0.25) is 0 Å². The minimum Gasteiger partial charge on any atom is -0.238 e. The molecule has 0 radical (unpaired) electrons. The minimum absolute atomic E-state index is 0.256. The standard InChI is InChI=1S/C48H8F8N10/c1-63-23-7-19(13-57)5-21(9-23)29(15-59)33-27-12-28-26(11-25(27)30(16-60)34(33)37-43(53)45(55)48(66-4)46(56)44(37)54)31(17-61)35(38-41(51)39(49)32(18-62)40(50)42(38)52)36(28)47(65-3)22-6-20(14-58)8-24(10-22)64-2/h5-12H/b33-29-,47-36+. The van der Waals surface area contributed by atoms with Gasteiger partial charge in [0.2, 0.25) is 5.70 Å². The van der Waals surface area contributed by atoms with E-state index in [2.05, 4.69) is 19.4 Å². The highest BCUT2D eigenvalue weighted by molar-refractivity contribution is 6.34. The Morgan fingerprint density at radius 3 is 1.30 bits per heavy atom. The average Bonchev–Trinajstić information content (AvgIpc) is 3.80. The number of allylic oxidation sites excluding steroid dienone is 7. The molecule has 7 rings (SSSR count). The molecule has 0 bridgehead atoms. The first-order valence-electron chi connectivity index (χ1n) is 17.8. The number of hydrogen-bond donors (Lipinski definition) is 0. The molecule has 0 amide bonds. The maximum atomic E-state index is 16.2. The topological polar surface area (TPSA) is 160 Å². The first-order chi connectivity index (χ1) is 31.6. The van der Waals surface area contributed by atoms with Crippen molar-refractivity contribution in [1.82, 2.24) is 0 Å². The second kappa shape index (κ2) is 16.4. The van der Waals surface area contributed by atoms with E-state index >= 15 is 35.1 Å². The van der Waals surface area contributed by atoms with Crippen LogP contribution in [0.25, 0.3) is 64.1 Å². The van der Waals surface area contributed by atoms with E-state index in [1.54, 1.807) is 30.3 Å². The van der Waals surface area contributed by atoms with Crippen molar-refractivity contribution in [2.75, 3.05) is 0 Å². The fraction of sp³-hybridized carbons (Fsp3) is 0. The van der Waals surface area contributed by atoms with Crippen molar-refractivity contribution in [2.45, 2.75) is 0 Å². The van der Waals surface area contributed by atoms with E-state index in [0.29, 0.717) is 0 Å². The molecule has 0 N–H and O–H groups in total. The highest BCUT2D eigenvalue weighted by Crippen LogP contribution is 2.58. The van der Waals surface area contributed by atoms with E-state index in [1.165, 1.54) is 0 Å². The van der Waals surface area contributed by atoms with Gasteiger partial charge >= 0.3 is 0 Å². The summed E-state index contributed by atoms with van der Waals surface area (Å²) in [6.45, 7) is 30.5. The van der Waals surface area contributed by atoms with Crippen LogP contribution in [0.15, 0.2) is 48.5 Å². The Morgan fingerprint density at radius 1 is 0.439 bits per heavy atom. The summed E-state index contributed by atoms with van der Waals surface area (Å²) >= 11 is 0. The van der Waals surface area contributed by atoms with Crippen LogP contribution in [-0.4, -0.2) is 0 Å². The summed E-state index contributed by atoms with van der Waals surface area (Å²) in [5.74, 6) is -17.8. The first kappa shape index (κ1) is 43.5. The van der Waals surface area contributed by atoms with E-state index in [-0.39, 0.29) is 33.6 Å². The Morgan fingerprint density at radius 2 is 0.879 bits per heavy atom. The summed E-state index contributed by atoms with van der Waals surface area (Å²) in [4.78, 5) is 12.5. The van der Waals surface area contributed by atoms with Crippen molar-refractivity contribution in [3.63, 3.8) is 0 Å². The minimum atomic E-state index is -2.24. The lowest BCUT2D eigenvalue weighted by atomic mass is 9.86. The maximum absolute atomic E-state index is 16.2. The molecule has 10 nitrogen and oxygen atoms in total. The fourth-order valence-electron chi connectivity index (χ4n) is 7.63. The summed E-state index contributed by atoms with van der Waals surface area (Å²) < 4.78 is 127. The van der Waals surface area contributed by atoms with E-state index in [1.807, 2.05) is 0 Å². The molecule has 0 saturated carbocycles. The highest BCUT2D eigenvalue weighted by atomic mass is 19.2. The molecule has 0 unspecified atom stereocenters. The molecule has 66 heavy (non-hydrogen) atoms. The zero-order valence-electron chi connectivity index (χ0n) is 32.1. The molecule has 5 aromatic rings. The lowest BCUT2D eigenvalue weighted by Gasteiger charge is -2.17. The largest absolute Gasteiger partial charge is 0.262 e. The zero-order chi connectivity index (χ0) is 48.0. The van der Waals surface area contributed by atoms with Crippen LogP contribution in [0, 0.1) is 141 Å². The van der Waals surface area contributed by atoms with Crippen LogP contribution in [-0.2, 0) is 0 Å². The van der Waals surface area contributed by atoms with Crippen LogP contribution in [0.4, 0.5) is 52.2 Å². The number of hydrogen-bond acceptors (Lipinski definition) is 6. The Balaban J connectivity index is 1.77. The van der Waals surface area contributed by atoms with Gasteiger partial charge < -0.3 is 0 Å². The molecule has 306 valence electrons. The monoisotopic (exact) mass is 876 g/mol. The number of nitrogens with zero attached hydrogens (tertiary/aromatic N) is 10. The fourth-order valence-corrected chi connectivity index (χ4v) is 7.63. The van der Waals surface area contributed by atoms with Gasteiger partial charge in [0.1, 0.15) is 29.8 Å². The van der Waals surface area contributed by atoms with Gasteiger partial charge in [-0.3, -0.25) is 0 Å². The molecule has 0 saturated heterocycles. The van der Waals surface area contributed by atoms with E-state index in [4.69, 9.17) is 26.3 Å². The average molecular weight is 877 g/mol. The number of nitriles is 6. The first-order valence-corrected chi connectivity index (χ1v) is 17.8. The number of rotatable bonds is 4. The molecule has 18 heteroatoms. The number of fused-ring (bicyclic) bond motifs is 2. The van der Waals surface area contributed by atoms with Gasteiger partial charge in [-0.1, -0.05) is 12.1 Å². The van der Waals surface area contributed by atoms with E-state index in [0.717, 1.165) is 54.6 Å². The van der Waals surface area contributed by atoms with Crippen molar-refractivity contribution in [3.8, 4) is 36.4 Å². The van der Waals surface area contributed by atoms with Crippen molar-refractivity contribution < 1.29 is 35.1 Å². The smallest absolute Gasteiger partial charge is 0.238 e. The van der Waals surface area contributed by atoms with Gasteiger partial charge in [0.15, 0.2) is 57.9 Å². The zero-order valence-corrected chi connectivity index (χ0v) is 32.1. The molecule has 0 atom stereocenters. The lowest BCUT2D eigenvalue weighted by molar-refractivity contribution is 0.447. The Bertz CT molecular complexity index is 3440. The van der Waals surface area contributed by atoms with Gasteiger partial charge in [-0.15, -0.1) is 0 Å². The third-order valence-corrected chi connectivity index (χ3v) is 10.3. The SMILES string of the molecule is [C-]#[N+]/C(=C1/C(c2c(F)c(F)c(C#N)c(F)c2F)=C(C#N)c2cc3c(cc21)/C(=C(\C#N)c1cc(C#N)cc([N+]#[C-])c1)C(c1c(F)c(F)c([N+]#[C-])c(F)c1F)=C3C#N)c1cc(C#N)cc([N+]#[C-])c1. The Hall–Kier alpha value is -10.6. The second-order valence-electron chi connectivity index (χ2n) is 13.6. The molecular weight excluding hydrogens is 869 g/mol. The molecule has 5 aromatic carbocycles. The molecule has 0 aliphatic heterocycles. The summed E-state index contributed by atoms with van der Waals surface area (Å²) in [7, 11) is 0. The highest BCUT2D eigenvalue weighted by Gasteiger charge is 2.42. The third-order valence-electron chi connectivity index (χ3n) is 10.3. The van der Waals surface area contributed by atoms with E-state index < -0.39 is 136 Å². The predicted octanol–water partition coefficient (Wildman–Crippen LogP) is 12.2. The van der Waals surface area contributed by atoms with Gasteiger partial charge in [-0.05, 0) is 64.2 Å². The molecule has 0 aromatic heterocycles. The predicted molar refractivity (Wildman–Crippen MR) is 216 cm³/mol. The molecule has 0 heterocycles. The summed E-state index contributed by atoms with van der Waals surface area (Å²) in [5.41, 5.74) is -17.5. The summed E-state index contributed by atoms with van der Waals surface area (Å²) in [5, 5.41) is 61.1. The van der Waals surface area contributed by atoms with Crippen LogP contribution < -0.4 is 0 Å². The van der Waals surface area contributed by atoms with Crippen LogP contribution in [0.5, 0.6) is 0 Å². The third kappa shape index (κ3) is 6.23. The Labute approximate surface area is 366 Å². The molecule has 0 spiro atoms. The number of benzene rings is 5. The van der Waals surface area contributed by atoms with Crippen molar-refractivity contribution in [1.29, 1.82) is 31.6 Å². The quantitative estimate of drug-likeness (QED) is 0.0756. The van der Waals surface area contributed by atoms with E-state index in [9.17, 15) is 31.6 Å². The molecule has 2 aliphatic carbocycles. The maximum Gasteiger partial charge on any atom is 0.262 e. The Kier molecular flexibility index (Phi) is 10.8.